The number of ether oxygens (including phenoxy) is 2. The molecule has 12 heteroatoms. The molecule has 0 fully saturated rings. The molecule has 2 N–H and O–H groups in total. The monoisotopic (exact) mass is 565 g/mol. The Bertz CT molecular complexity index is 1350. The topological polar surface area (TPSA) is 78.6 Å². The highest BCUT2D eigenvalue weighted by Gasteiger charge is 2.16. The van der Waals surface area contributed by atoms with Gasteiger partial charge in [-0.2, -0.15) is 0 Å². The number of esters is 2. The van der Waals surface area contributed by atoms with E-state index in [1.807, 2.05) is 0 Å². The molecule has 0 aliphatic rings. The van der Waals surface area contributed by atoms with Gasteiger partial charge >= 0.3 is 11.9 Å². The molecular formula is C28H18F7NO4. The first kappa shape index (κ1) is 29.8. The Morgan fingerprint density at radius 3 is 1.12 bits per heavy atom. The molecule has 0 aromatic heterocycles. The van der Waals surface area contributed by atoms with E-state index >= 15 is 0 Å². The average Bonchev–Trinajstić information content (AvgIpc) is 2.91. The van der Waals surface area contributed by atoms with E-state index in [0.717, 1.165) is 11.1 Å². The first-order valence-electron chi connectivity index (χ1n) is 11.2. The van der Waals surface area contributed by atoms with Crippen LogP contribution in [0, 0.1) is 34.9 Å². The summed E-state index contributed by atoms with van der Waals surface area (Å²) in [7, 11) is 0. The molecule has 0 amide bonds. The third-order valence-electron chi connectivity index (χ3n) is 5.12. The summed E-state index contributed by atoms with van der Waals surface area (Å²) in [6.07, 6.45) is 0.396. The van der Waals surface area contributed by atoms with Crippen molar-refractivity contribution in [2.45, 2.75) is 6.42 Å². The van der Waals surface area contributed by atoms with E-state index in [-0.39, 0.29) is 11.1 Å². The number of carbonyl (C=O) groups is 2. The van der Waals surface area contributed by atoms with Crippen molar-refractivity contribution in [1.29, 1.82) is 0 Å². The second-order valence-electron chi connectivity index (χ2n) is 7.91. The molecule has 5 nitrogen and oxygen atoms in total. The predicted octanol–water partition coefficient (Wildman–Crippen LogP) is 6.42. The molecule has 0 bridgehead atoms. The molecule has 0 heterocycles. The van der Waals surface area contributed by atoms with Crippen LogP contribution in [0.1, 0.15) is 31.8 Å². The molecule has 0 aliphatic heterocycles. The second-order valence-corrected chi connectivity index (χ2v) is 7.91. The fraction of sp³-hybridized carbons (Fsp3) is 0.0714. The van der Waals surface area contributed by atoms with Crippen LogP contribution in [-0.4, -0.2) is 18.7 Å². The zero-order valence-corrected chi connectivity index (χ0v) is 20.2. The molecule has 0 saturated carbocycles. The Labute approximate surface area is 222 Å². The van der Waals surface area contributed by atoms with Gasteiger partial charge in [0.2, 0.25) is 0 Å². The van der Waals surface area contributed by atoms with Crippen molar-refractivity contribution in [3.63, 3.8) is 0 Å². The Hall–Kier alpha value is -4.71. The maximum atomic E-state index is 13.3. The lowest BCUT2D eigenvalue weighted by Gasteiger charge is -2.08. The molecule has 208 valence electrons. The molecule has 0 saturated heterocycles. The smallest absolute Gasteiger partial charge is 0.343 e. The zero-order chi connectivity index (χ0) is 29.4. The standard InChI is InChI=1S/C27H14F6O4.CH4FN/c28-20-10-18(11-21(29)24(20)32)36-26(34)16-5-1-14(2-6-16)9-15-3-7-17(8-4-15)27(35)37-19-12-22(30)25(33)23(31)13-19;2-1-3/h1-8,10-13H,9H2;1,3H2. The fourth-order valence-corrected chi connectivity index (χ4v) is 3.27. The maximum Gasteiger partial charge on any atom is 0.343 e. The number of benzene rings is 4. The van der Waals surface area contributed by atoms with Gasteiger partial charge in [-0.15, -0.1) is 0 Å². The minimum absolute atomic E-state index is 0.0839. The average molecular weight is 565 g/mol. The molecule has 4 aromatic carbocycles. The van der Waals surface area contributed by atoms with Crippen molar-refractivity contribution < 1.29 is 49.8 Å². The van der Waals surface area contributed by atoms with Gasteiger partial charge in [0.1, 0.15) is 18.3 Å². The number of nitrogens with two attached hydrogens (primary N) is 1. The van der Waals surface area contributed by atoms with E-state index in [1.54, 1.807) is 24.3 Å². The van der Waals surface area contributed by atoms with E-state index in [0.29, 0.717) is 30.7 Å². The third-order valence-corrected chi connectivity index (χ3v) is 5.12. The Morgan fingerprint density at radius 1 is 0.575 bits per heavy atom. The lowest BCUT2D eigenvalue weighted by atomic mass is 10.0. The van der Waals surface area contributed by atoms with Crippen LogP contribution < -0.4 is 15.2 Å². The molecule has 0 spiro atoms. The SMILES string of the molecule is NCF.O=C(Oc1cc(F)c(F)c(F)c1)c1ccc(Cc2ccc(C(=O)Oc3cc(F)c(F)c(F)c3)cc2)cc1. The van der Waals surface area contributed by atoms with Crippen LogP contribution in [0.15, 0.2) is 72.8 Å². The number of rotatable bonds is 6. The largest absolute Gasteiger partial charge is 0.423 e. The van der Waals surface area contributed by atoms with Gasteiger partial charge in [-0.3, -0.25) is 0 Å². The molecule has 0 radical (unpaired) electrons. The van der Waals surface area contributed by atoms with Crippen molar-refractivity contribution in [3.05, 3.63) is 130 Å². The minimum Gasteiger partial charge on any atom is -0.423 e. The minimum atomic E-state index is -1.67. The van der Waals surface area contributed by atoms with Crippen LogP contribution in [0.25, 0.3) is 0 Å². The van der Waals surface area contributed by atoms with Crippen molar-refractivity contribution in [1.82, 2.24) is 0 Å². The summed E-state index contributed by atoms with van der Waals surface area (Å²) < 4.78 is 99.1. The fourth-order valence-electron chi connectivity index (χ4n) is 3.27. The number of hydrogen-bond acceptors (Lipinski definition) is 5. The summed E-state index contributed by atoms with van der Waals surface area (Å²) in [6.45, 7) is -0.750. The highest BCUT2D eigenvalue weighted by molar-refractivity contribution is 5.91. The van der Waals surface area contributed by atoms with Crippen molar-refractivity contribution in [2.75, 3.05) is 6.80 Å². The number of alkyl halides is 1. The van der Waals surface area contributed by atoms with Gasteiger partial charge in [-0.05, 0) is 41.8 Å². The maximum absolute atomic E-state index is 13.3. The van der Waals surface area contributed by atoms with Gasteiger partial charge in [-0.25, -0.2) is 40.3 Å². The Morgan fingerprint density at radius 2 is 0.850 bits per heavy atom. The van der Waals surface area contributed by atoms with Gasteiger partial charge in [0.05, 0.1) is 11.1 Å². The van der Waals surface area contributed by atoms with Gasteiger partial charge < -0.3 is 15.2 Å². The van der Waals surface area contributed by atoms with Crippen molar-refractivity contribution in [3.8, 4) is 11.5 Å². The van der Waals surface area contributed by atoms with Crippen LogP contribution in [0.5, 0.6) is 11.5 Å². The Kier molecular flexibility index (Phi) is 9.98. The summed E-state index contributed by atoms with van der Waals surface area (Å²) in [5.74, 6) is -12.1. The van der Waals surface area contributed by atoms with Crippen LogP contribution in [0.2, 0.25) is 0 Å². The van der Waals surface area contributed by atoms with E-state index < -0.39 is 65.1 Å². The molecule has 40 heavy (non-hydrogen) atoms. The first-order valence-corrected chi connectivity index (χ1v) is 11.2. The molecule has 0 unspecified atom stereocenters. The van der Waals surface area contributed by atoms with Crippen LogP contribution in [0.4, 0.5) is 30.7 Å². The first-order chi connectivity index (χ1) is 19.0. The summed E-state index contributed by atoms with van der Waals surface area (Å²) in [6, 6.07) is 14.4. The number of halogens is 7. The molecule has 0 aliphatic carbocycles. The van der Waals surface area contributed by atoms with Crippen LogP contribution >= 0.6 is 0 Å². The lowest BCUT2D eigenvalue weighted by molar-refractivity contribution is 0.0723. The molecule has 0 atom stereocenters. The number of carbonyl (C=O) groups excluding carboxylic acids is 2. The Balaban J connectivity index is 0.00000141. The summed E-state index contributed by atoms with van der Waals surface area (Å²) >= 11 is 0. The van der Waals surface area contributed by atoms with E-state index in [9.17, 15) is 40.3 Å². The molecular weight excluding hydrogens is 547 g/mol. The highest BCUT2D eigenvalue weighted by atomic mass is 19.2. The van der Waals surface area contributed by atoms with Crippen molar-refractivity contribution in [2.24, 2.45) is 5.73 Å². The quantitative estimate of drug-likeness (QED) is 0.0960. The van der Waals surface area contributed by atoms with Gasteiger partial charge in [0.15, 0.2) is 34.9 Å². The third kappa shape index (κ3) is 7.67. The summed E-state index contributed by atoms with van der Waals surface area (Å²) in [5, 5.41) is 0. The van der Waals surface area contributed by atoms with Crippen LogP contribution in [0.3, 0.4) is 0 Å². The lowest BCUT2D eigenvalue weighted by Crippen LogP contribution is -2.10. The van der Waals surface area contributed by atoms with Gasteiger partial charge in [0, 0.05) is 24.3 Å². The molecule has 4 aromatic rings. The normalized spacial score (nSPS) is 10.4. The van der Waals surface area contributed by atoms with E-state index in [4.69, 9.17) is 9.47 Å². The summed E-state index contributed by atoms with van der Waals surface area (Å²) in [5.41, 5.74) is 5.88. The van der Waals surface area contributed by atoms with Gasteiger partial charge in [-0.1, -0.05) is 24.3 Å². The molecule has 4 rings (SSSR count). The summed E-state index contributed by atoms with van der Waals surface area (Å²) in [4.78, 5) is 24.4. The number of hydrogen-bond donors (Lipinski definition) is 1. The van der Waals surface area contributed by atoms with E-state index in [1.165, 1.54) is 24.3 Å². The zero-order valence-electron chi connectivity index (χ0n) is 20.2. The highest BCUT2D eigenvalue weighted by Crippen LogP contribution is 2.22. The van der Waals surface area contributed by atoms with Crippen molar-refractivity contribution >= 4 is 11.9 Å². The van der Waals surface area contributed by atoms with E-state index in [2.05, 4.69) is 5.73 Å². The second kappa shape index (κ2) is 13.4. The predicted molar refractivity (Wildman–Crippen MR) is 128 cm³/mol. The van der Waals surface area contributed by atoms with Gasteiger partial charge in [0.25, 0.3) is 0 Å². The van der Waals surface area contributed by atoms with Crippen LogP contribution in [-0.2, 0) is 6.42 Å².